The Morgan fingerprint density at radius 2 is 1.61 bits per heavy atom. The molecule has 6 heteroatoms. The van der Waals surface area contributed by atoms with E-state index >= 15 is 0 Å². The van der Waals surface area contributed by atoms with Crippen molar-refractivity contribution in [2.45, 2.75) is 0 Å². The first-order chi connectivity index (χ1) is 8.81. The predicted octanol–water partition coefficient (Wildman–Crippen LogP) is 1.42. The van der Waals surface area contributed by atoms with Crippen LogP contribution in [0.25, 0.3) is 0 Å². The first-order valence-electron chi connectivity index (χ1n) is 5.26. The quantitative estimate of drug-likeness (QED) is 0.502. The van der Waals surface area contributed by atoms with Crippen LogP contribution in [0, 0.1) is 0 Å². The van der Waals surface area contributed by atoms with Crippen LogP contribution in [0.15, 0.2) is 58.5 Å². The second-order valence-corrected chi connectivity index (χ2v) is 3.64. The Morgan fingerprint density at radius 1 is 1.00 bits per heavy atom. The lowest BCUT2D eigenvalue weighted by molar-refractivity contribution is 1.26. The van der Waals surface area contributed by atoms with E-state index in [1.165, 1.54) is 0 Å². The van der Waals surface area contributed by atoms with Crippen molar-refractivity contribution in [2.24, 2.45) is 15.5 Å². The third-order valence-corrected chi connectivity index (χ3v) is 2.41. The van der Waals surface area contributed by atoms with Crippen LogP contribution >= 0.6 is 9.39 Å². The highest BCUT2D eigenvalue weighted by molar-refractivity contribution is 7.15. The Balaban J connectivity index is 2.32. The molecule has 0 fully saturated rings. The van der Waals surface area contributed by atoms with E-state index < -0.39 is 0 Å². The summed E-state index contributed by atoms with van der Waals surface area (Å²) in [4.78, 5) is 12.5. The Morgan fingerprint density at radius 3 is 2.11 bits per heavy atom. The number of rotatable bonds is 2. The number of aromatic nitrogens is 2. The number of hydrogen-bond acceptors (Lipinski definition) is 3. The molecule has 0 bridgehead atoms. The van der Waals surface area contributed by atoms with Gasteiger partial charge in [-0.15, -0.1) is 0 Å². The maximum absolute atomic E-state index is 5.88. The number of nitrogens with zero attached hydrogens (tertiary/aromatic N) is 4. The summed E-state index contributed by atoms with van der Waals surface area (Å²) in [5.41, 5.74) is 7.15. The smallest absolute Gasteiger partial charge is 0.178 e. The Labute approximate surface area is 107 Å². The van der Waals surface area contributed by atoms with Crippen molar-refractivity contribution in [3.8, 4) is 0 Å². The van der Waals surface area contributed by atoms with Crippen LogP contribution in [0.3, 0.4) is 0 Å². The molecule has 2 N–H and O–H groups in total. The van der Waals surface area contributed by atoms with Crippen LogP contribution in [0.2, 0.25) is 0 Å². The van der Waals surface area contributed by atoms with E-state index in [-0.39, 0.29) is 0 Å². The van der Waals surface area contributed by atoms with Crippen molar-refractivity contribution in [1.29, 1.82) is 0 Å². The molecule has 0 aliphatic carbocycles. The van der Waals surface area contributed by atoms with E-state index in [1.807, 2.05) is 30.3 Å². The summed E-state index contributed by atoms with van der Waals surface area (Å²) in [5.74, 6) is 0.756. The fourth-order valence-corrected chi connectivity index (χ4v) is 1.52. The summed E-state index contributed by atoms with van der Waals surface area (Å²) in [7, 11) is 2.26. The Hall–Kier alpha value is -2.13. The Bertz CT molecular complexity index is 566. The fourth-order valence-electron chi connectivity index (χ4n) is 1.33. The van der Waals surface area contributed by atoms with Gasteiger partial charge in [0.1, 0.15) is 11.4 Å². The summed E-state index contributed by atoms with van der Waals surface area (Å²) < 4.78 is 4.00. The van der Waals surface area contributed by atoms with Crippen LogP contribution in [0.5, 0.6) is 0 Å². The number of pyridine rings is 2. The molecule has 0 radical (unpaired) electrons. The van der Waals surface area contributed by atoms with Gasteiger partial charge in [-0.05, 0) is 33.7 Å². The lowest BCUT2D eigenvalue weighted by Gasteiger charge is -2.02. The second kappa shape index (κ2) is 5.98. The highest BCUT2D eigenvalue weighted by atomic mass is 31.0. The van der Waals surface area contributed by atoms with Crippen molar-refractivity contribution in [3.63, 3.8) is 0 Å². The van der Waals surface area contributed by atoms with Crippen LogP contribution in [-0.4, -0.2) is 21.6 Å². The second-order valence-electron chi connectivity index (χ2n) is 3.38. The molecule has 90 valence electrons. The number of hydrogen-bond donors (Lipinski definition) is 1. The average molecular weight is 257 g/mol. The molecule has 2 heterocycles. The summed E-state index contributed by atoms with van der Waals surface area (Å²) in [6.45, 7) is 0. The molecule has 2 aromatic heterocycles. The van der Waals surface area contributed by atoms with Crippen molar-refractivity contribution in [2.75, 3.05) is 0 Å². The first kappa shape index (κ1) is 12.3. The summed E-state index contributed by atoms with van der Waals surface area (Å²) in [5, 5.41) is 0. The zero-order chi connectivity index (χ0) is 12.8. The lowest BCUT2D eigenvalue weighted by atomic mass is 10.3. The van der Waals surface area contributed by atoms with Crippen molar-refractivity contribution >= 4 is 21.1 Å². The van der Waals surface area contributed by atoms with Crippen molar-refractivity contribution in [3.05, 3.63) is 60.2 Å². The average Bonchev–Trinajstić information content (AvgIpc) is 2.46. The van der Waals surface area contributed by atoms with Gasteiger partial charge < -0.3 is 5.73 Å². The third kappa shape index (κ3) is 2.96. The van der Waals surface area contributed by atoms with Gasteiger partial charge in [0.2, 0.25) is 0 Å². The minimum Gasteiger partial charge on any atom is -0.382 e. The SMILES string of the molecule is NC(=N/C(=N\P)c1ccccn1)c1ccccn1. The van der Waals surface area contributed by atoms with E-state index in [1.54, 1.807) is 18.5 Å². The van der Waals surface area contributed by atoms with Gasteiger partial charge in [0.05, 0.1) is 0 Å². The van der Waals surface area contributed by atoms with Crippen LogP contribution < -0.4 is 5.73 Å². The van der Waals surface area contributed by atoms with E-state index in [0.29, 0.717) is 23.1 Å². The van der Waals surface area contributed by atoms with E-state index in [2.05, 4.69) is 29.1 Å². The van der Waals surface area contributed by atoms with Gasteiger partial charge >= 0.3 is 0 Å². The molecule has 0 aliphatic rings. The van der Waals surface area contributed by atoms with Crippen LogP contribution in [-0.2, 0) is 0 Å². The normalized spacial score (nSPS) is 12.5. The van der Waals surface area contributed by atoms with Gasteiger partial charge in [-0.25, -0.2) is 9.76 Å². The molecule has 0 aliphatic heterocycles. The van der Waals surface area contributed by atoms with Gasteiger partial charge in [-0.1, -0.05) is 12.1 Å². The van der Waals surface area contributed by atoms with Gasteiger partial charge in [0.15, 0.2) is 11.7 Å². The van der Waals surface area contributed by atoms with Gasteiger partial charge in [-0.2, -0.15) is 0 Å². The van der Waals surface area contributed by atoms with Gasteiger partial charge in [0.25, 0.3) is 0 Å². The Kier molecular flexibility index (Phi) is 4.10. The number of amidine groups is 2. The minimum absolute atomic E-state index is 0.308. The summed E-state index contributed by atoms with van der Waals surface area (Å²) in [6, 6.07) is 11.0. The van der Waals surface area contributed by atoms with Gasteiger partial charge in [0, 0.05) is 12.4 Å². The van der Waals surface area contributed by atoms with E-state index in [4.69, 9.17) is 5.73 Å². The zero-order valence-corrected chi connectivity index (χ0v) is 10.7. The molecule has 2 aromatic rings. The molecule has 2 rings (SSSR count). The molecule has 0 spiro atoms. The molecule has 1 unspecified atom stereocenters. The number of nitrogens with two attached hydrogens (primary N) is 1. The first-order valence-corrected chi connectivity index (χ1v) is 5.78. The number of aliphatic imine (C=N–C) groups is 1. The molecular formula is C12H12N5P. The highest BCUT2D eigenvalue weighted by Crippen LogP contribution is 2.03. The monoisotopic (exact) mass is 257 g/mol. The molecule has 0 saturated carbocycles. The molecule has 18 heavy (non-hydrogen) atoms. The van der Waals surface area contributed by atoms with Gasteiger partial charge in [-0.3, -0.25) is 9.97 Å². The fraction of sp³-hybridized carbons (Fsp3) is 0. The standard InChI is InChI=1S/C12H12N5P/c13-11(9-5-1-3-7-14-9)16-12(17-18)10-6-2-4-8-15-10/h1-8H,18H2,(H2,13,16,17). The highest BCUT2D eigenvalue weighted by Gasteiger charge is 2.05. The van der Waals surface area contributed by atoms with Crippen molar-refractivity contribution in [1.82, 2.24) is 9.97 Å². The maximum atomic E-state index is 5.88. The summed E-state index contributed by atoms with van der Waals surface area (Å²) >= 11 is 0. The van der Waals surface area contributed by atoms with Crippen molar-refractivity contribution < 1.29 is 0 Å². The molecular weight excluding hydrogens is 245 g/mol. The third-order valence-electron chi connectivity index (χ3n) is 2.17. The van der Waals surface area contributed by atoms with E-state index in [0.717, 1.165) is 0 Å². The summed E-state index contributed by atoms with van der Waals surface area (Å²) in [6.07, 6.45) is 3.34. The largest absolute Gasteiger partial charge is 0.382 e. The van der Waals surface area contributed by atoms with Crippen LogP contribution in [0.1, 0.15) is 11.4 Å². The molecule has 5 nitrogen and oxygen atoms in total. The molecule has 1 atom stereocenters. The predicted molar refractivity (Wildman–Crippen MR) is 75.4 cm³/mol. The van der Waals surface area contributed by atoms with E-state index in [9.17, 15) is 0 Å². The molecule has 0 amide bonds. The molecule has 0 aromatic carbocycles. The topological polar surface area (TPSA) is 76.5 Å². The zero-order valence-electron chi connectivity index (χ0n) is 9.56. The maximum Gasteiger partial charge on any atom is 0.178 e. The molecule has 0 saturated heterocycles. The minimum atomic E-state index is 0.308. The lowest BCUT2D eigenvalue weighted by Crippen LogP contribution is -2.17. The van der Waals surface area contributed by atoms with Crippen LogP contribution in [0.4, 0.5) is 0 Å².